The van der Waals surface area contributed by atoms with Gasteiger partial charge in [0.1, 0.15) is 19.6 Å². The summed E-state index contributed by atoms with van der Waals surface area (Å²) < 4.78 is 8.98. The largest absolute Gasteiger partial charge is 0.462 e. The van der Waals surface area contributed by atoms with Gasteiger partial charge in [0.05, 0.1) is 0 Å². The molecule has 50 valence electrons. The van der Waals surface area contributed by atoms with Gasteiger partial charge in [0.2, 0.25) is 0 Å². The molecule has 1 aliphatic rings. The third-order valence-electron chi connectivity index (χ3n) is 0.898. The number of hydrogen-bond acceptors (Lipinski definition) is 4. The van der Waals surface area contributed by atoms with Crippen LogP contribution in [-0.4, -0.2) is 25.2 Å². The molecule has 1 saturated heterocycles. The second-order valence-corrected chi connectivity index (χ2v) is 1.62. The van der Waals surface area contributed by atoms with Crippen LogP contribution in [0.25, 0.3) is 0 Å². The molecule has 0 N–H and O–H groups in total. The van der Waals surface area contributed by atoms with Crippen LogP contribution in [0.5, 0.6) is 0 Å². The van der Waals surface area contributed by atoms with Crippen LogP contribution in [0.4, 0.5) is 0 Å². The molecular formula is C5H6O4. The number of ether oxygens (including phenoxy) is 2. The maximum absolute atomic E-state index is 10.4. The van der Waals surface area contributed by atoms with Crippen molar-refractivity contribution in [1.29, 1.82) is 0 Å². The quantitative estimate of drug-likeness (QED) is 0.327. The topological polar surface area (TPSA) is 52.6 Å². The molecule has 0 aromatic heterocycles. The van der Waals surface area contributed by atoms with Crippen LogP contribution in [0, 0.1) is 0 Å². The zero-order valence-electron chi connectivity index (χ0n) is 4.75. The summed E-state index contributed by atoms with van der Waals surface area (Å²) in [7, 11) is 0. The maximum atomic E-state index is 10.4. The molecule has 4 nitrogen and oxygen atoms in total. The summed E-state index contributed by atoms with van der Waals surface area (Å²) in [5.74, 6) is -1.00. The van der Waals surface area contributed by atoms with Crippen molar-refractivity contribution in [2.75, 3.05) is 13.2 Å². The summed E-state index contributed by atoms with van der Waals surface area (Å²) in [5, 5.41) is 0. The van der Waals surface area contributed by atoms with Crippen LogP contribution in [0.1, 0.15) is 6.42 Å². The molecule has 0 amide bonds. The molecule has 0 aromatic rings. The van der Waals surface area contributed by atoms with Crippen LogP contribution in [-0.2, 0) is 19.1 Å². The highest BCUT2D eigenvalue weighted by atomic mass is 16.6. The van der Waals surface area contributed by atoms with Crippen LogP contribution >= 0.6 is 0 Å². The number of carbonyl (C=O) groups is 2. The van der Waals surface area contributed by atoms with E-state index >= 15 is 0 Å². The molecule has 1 fully saturated rings. The van der Waals surface area contributed by atoms with Gasteiger partial charge in [0, 0.05) is 0 Å². The van der Waals surface area contributed by atoms with E-state index in [-0.39, 0.29) is 19.6 Å². The Labute approximate surface area is 51.7 Å². The van der Waals surface area contributed by atoms with E-state index in [2.05, 4.69) is 9.47 Å². The molecule has 0 aliphatic carbocycles. The lowest BCUT2D eigenvalue weighted by Crippen LogP contribution is -2.06. The van der Waals surface area contributed by atoms with E-state index in [1.54, 1.807) is 0 Å². The Morgan fingerprint density at radius 3 is 1.89 bits per heavy atom. The average molecular weight is 130 g/mol. The highest BCUT2D eigenvalue weighted by Crippen LogP contribution is 1.95. The standard InChI is InChI=1S/C5H6O4/c6-4-3-5(7)9-2-1-8-4/h1-3H2. The van der Waals surface area contributed by atoms with Gasteiger partial charge in [-0.05, 0) is 0 Å². The third kappa shape index (κ3) is 1.71. The number of hydrogen-bond donors (Lipinski definition) is 0. The van der Waals surface area contributed by atoms with Gasteiger partial charge in [-0.15, -0.1) is 0 Å². The Hall–Kier alpha value is -1.06. The predicted molar refractivity (Wildman–Crippen MR) is 26.5 cm³/mol. The highest BCUT2D eigenvalue weighted by Gasteiger charge is 2.15. The lowest BCUT2D eigenvalue weighted by Gasteiger charge is -1.93. The van der Waals surface area contributed by atoms with Crippen molar-refractivity contribution in [3.63, 3.8) is 0 Å². The molecule has 0 atom stereocenters. The predicted octanol–water partition coefficient (Wildman–Crippen LogP) is -0.524. The van der Waals surface area contributed by atoms with E-state index in [0.29, 0.717) is 0 Å². The van der Waals surface area contributed by atoms with Gasteiger partial charge in [0.15, 0.2) is 0 Å². The van der Waals surface area contributed by atoms with Crippen molar-refractivity contribution in [3.05, 3.63) is 0 Å². The maximum Gasteiger partial charge on any atom is 0.317 e. The smallest absolute Gasteiger partial charge is 0.317 e. The monoisotopic (exact) mass is 130 g/mol. The molecule has 0 spiro atoms. The van der Waals surface area contributed by atoms with Crippen molar-refractivity contribution in [3.8, 4) is 0 Å². The molecule has 9 heavy (non-hydrogen) atoms. The summed E-state index contributed by atoms with van der Waals surface area (Å²) in [4.78, 5) is 20.7. The van der Waals surface area contributed by atoms with E-state index < -0.39 is 11.9 Å². The lowest BCUT2D eigenvalue weighted by atomic mass is 10.4. The van der Waals surface area contributed by atoms with Crippen molar-refractivity contribution in [1.82, 2.24) is 0 Å². The van der Waals surface area contributed by atoms with Crippen molar-refractivity contribution < 1.29 is 19.1 Å². The second-order valence-electron chi connectivity index (χ2n) is 1.62. The van der Waals surface area contributed by atoms with Crippen LogP contribution in [0.2, 0.25) is 0 Å². The number of carbonyl (C=O) groups excluding carboxylic acids is 2. The minimum atomic E-state index is -0.502. The summed E-state index contributed by atoms with van der Waals surface area (Å²) >= 11 is 0. The second kappa shape index (κ2) is 2.48. The SMILES string of the molecule is O=C1CC(=O)OCCO1. The Bertz CT molecular complexity index is 124. The molecule has 1 heterocycles. The Morgan fingerprint density at radius 2 is 1.44 bits per heavy atom. The van der Waals surface area contributed by atoms with Crippen molar-refractivity contribution in [2.45, 2.75) is 6.42 Å². The third-order valence-corrected chi connectivity index (χ3v) is 0.898. The fourth-order valence-corrected chi connectivity index (χ4v) is 0.531. The Balaban J connectivity index is 2.47. The number of rotatable bonds is 0. The first-order valence-corrected chi connectivity index (χ1v) is 2.60. The zero-order chi connectivity index (χ0) is 6.69. The first kappa shape index (κ1) is 6.07. The van der Waals surface area contributed by atoms with Crippen molar-refractivity contribution >= 4 is 11.9 Å². The first-order chi connectivity index (χ1) is 4.29. The summed E-state index contributed by atoms with van der Waals surface area (Å²) in [6, 6.07) is 0. The molecule has 0 radical (unpaired) electrons. The van der Waals surface area contributed by atoms with E-state index in [1.165, 1.54) is 0 Å². The van der Waals surface area contributed by atoms with Crippen LogP contribution < -0.4 is 0 Å². The summed E-state index contributed by atoms with van der Waals surface area (Å²) in [6.45, 7) is 0.370. The van der Waals surface area contributed by atoms with Crippen LogP contribution in [0.15, 0.2) is 0 Å². The minimum absolute atomic E-state index is 0.185. The van der Waals surface area contributed by atoms with Gasteiger partial charge >= 0.3 is 11.9 Å². The molecular weight excluding hydrogens is 124 g/mol. The summed E-state index contributed by atoms with van der Waals surface area (Å²) in [5.41, 5.74) is 0. The van der Waals surface area contributed by atoms with Gasteiger partial charge in [0.25, 0.3) is 0 Å². The van der Waals surface area contributed by atoms with E-state index in [9.17, 15) is 9.59 Å². The molecule has 0 bridgehead atoms. The number of cyclic esters (lactones) is 2. The minimum Gasteiger partial charge on any atom is -0.462 e. The summed E-state index contributed by atoms with van der Waals surface area (Å²) in [6.07, 6.45) is -0.250. The van der Waals surface area contributed by atoms with Crippen molar-refractivity contribution in [2.24, 2.45) is 0 Å². The molecule has 1 rings (SSSR count). The van der Waals surface area contributed by atoms with E-state index in [1.807, 2.05) is 0 Å². The van der Waals surface area contributed by atoms with Gasteiger partial charge in [-0.25, -0.2) is 0 Å². The average Bonchev–Trinajstić information content (AvgIpc) is 1.93. The Morgan fingerprint density at radius 1 is 1.00 bits per heavy atom. The Kier molecular flexibility index (Phi) is 1.67. The zero-order valence-corrected chi connectivity index (χ0v) is 4.75. The van der Waals surface area contributed by atoms with Gasteiger partial charge < -0.3 is 9.47 Å². The first-order valence-electron chi connectivity index (χ1n) is 2.60. The van der Waals surface area contributed by atoms with E-state index in [4.69, 9.17) is 0 Å². The van der Waals surface area contributed by atoms with Crippen LogP contribution in [0.3, 0.4) is 0 Å². The van der Waals surface area contributed by atoms with Gasteiger partial charge in [-0.2, -0.15) is 0 Å². The lowest BCUT2D eigenvalue weighted by molar-refractivity contribution is -0.147. The highest BCUT2D eigenvalue weighted by molar-refractivity contribution is 5.91. The van der Waals surface area contributed by atoms with Gasteiger partial charge in [-0.1, -0.05) is 0 Å². The molecule has 0 unspecified atom stereocenters. The molecule has 0 saturated carbocycles. The molecule has 4 heteroatoms. The van der Waals surface area contributed by atoms with E-state index in [0.717, 1.165) is 0 Å². The fraction of sp³-hybridized carbons (Fsp3) is 0.600. The molecule has 1 aliphatic heterocycles. The normalized spacial score (nSPS) is 20.0. The number of esters is 2. The van der Waals surface area contributed by atoms with Gasteiger partial charge in [-0.3, -0.25) is 9.59 Å². The fourth-order valence-electron chi connectivity index (χ4n) is 0.531. The molecule has 0 aromatic carbocycles.